The highest BCUT2D eigenvalue weighted by atomic mass is 35.5. The predicted molar refractivity (Wildman–Crippen MR) is 114 cm³/mol. The smallest absolute Gasteiger partial charge is 0.255 e. The van der Waals surface area contributed by atoms with Crippen molar-refractivity contribution < 1.29 is 13.2 Å². The number of benzene rings is 2. The van der Waals surface area contributed by atoms with Gasteiger partial charge in [-0.3, -0.25) is 4.79 Å². The molecule has 10 heteroatoms. The fourth-order valence-corrected chi connectivity index (χ4v) is 4.54. The molecule has 0 unspecified atom stereocenters. The second kappa shape index (κ2) is 8.17. The first-order chi connectivity index (χ1) is 14.3. The first-order valence-electron chi connectivity index (χ1n) is 9.49. The Morgan fingerprint density at radius 3 is 2.57 bits per heavy atom. The molecule has 2 heterocycles. The third-order valence-electron chi connectivity index (χ3n) is 5.01. The summed E-state index contributed by atoms with van der Waals surface area (Å²) in [4.78, 5) is 12.2. The van der Waals surface area contributed by atoms with Gasteiger partial charge in [-0.05, 0) is 55.3 Å². The number of hydrogen-bond donors (Lipinski definition) is 2. The Kier molecular flexibility index (Phi) is 5.59. The number of fused-ring (bicyclic) bond motifs is 1. The fraction of sp³-hybridized carbons (Fsp3) is 0.250. The Bertz CT molecular complexity index is 1210. The van der Waals surface area contributed by atoms with Gasteiger partial charge in [0.15, 0.2) is 5.82 Å². The Balaban J connectivity index is 1.53. The lowest BCUT2D eigenvalue weighted by atomic mass is 10.1. The second-order valence-corrected chi connectivity index (χ2v) is 9.06. The van der Waals surface area contributed by atoms with E-state index in [-0.39, 0.29) is 15.5 Å². The van der Waals surface area contributed by atoms with Crippen LogP contribution in [0.25, 0.3) is 11.4 Å². The summed E-state index contributed by atoms with van der Waals surface area (Å²) in [5.74, 6) is 1.36. The summed E-state index contributed by atoms with van der Waals surface area (Å²) < 4.78 is 25.4. The van der Waals surface area contributed by atoms with Crippen LogP contribution in [0.3, 0.4) is 0 Å². The van der Waals surface area contributed by atoms with Crippen molar-refractivity contribution in [1.29, 1.82) is 0 Å². The zero-order chi connectivity index (χ0) is 21.3. The number of amides is 1. The van der Waals surface area contributed by atoms with Crippen LogP contribution in [-0.4, -0.2) is 29.1 Å². The van der Waals surface area contributed by atoms with Crippen LogP contribution < -0.4 is 10.5 Å². The number of primary sulfonamides is 1. The maximum absolute atomic E-state index is 12.5. The van der Waals surface area contributed by atoms with Crippen LogP contribution in [0.4, 0.5) is 5.69 Å². The van der Waals surface area contributed by atoms with Gasteiger partial charge in [-0.15, -0.1) is 10.2 Å². The Morgan fingerprint density at radius 1 is 1.07 bits per heavy atom. The van der Waals surface area contributed by atoms with Crippen molar-refractivity contribution in [3.63, 3.8) is 0 Å². The average Bonchev–Trinajstić information content (AvgIpc) is 2.96. The number of aryl methyl sites for hydroxylation is 1. The minimum absolute atomic E-state index is 0.0363. The fourth-order valence-electron chi connectivity index (χ4n) is 3.47. The number of halogens is 1. The van der Waals surface area contributed by atoms with E-state index in [1.807, 2.05) is 12.1 Å². The molecule has 3 aromatic rings. The van der Waals surface area contributed by atoms with Gasteiger partial charge >= 0.3 is 0 Å². The van der Waals surface area contributed by atoms with E-state index in [1.165, 1.54) is 18.6 Å². The maximum atomic E-state index is 12.5. The molecule has 0 saturated carbocycles. The molecule has 1 aromatic heterocycles. The van der Waals surface area contributed by atoms with Crippen LogP contribution >= 0.6 is 11.6 Å². The zero-order valence-corrected chi connectivity index (χ0v) is 17.6. The average molecular weight is 446 g/mol. The zero-order valence-electron chi connectivity index (χ0n) is 16.0. The van der Waals surface area contributed by atoms with E-state index in [4.69, 9.17) is 16.7 Å². The summed E-state index contributed by atoms with van der Waals surface area (Å²) >= 11 is 5.87. The van der Waals surface area contributed by atoms with Gasteiger partial charge in [0, 0.05) is 29.8 Å². The third-order valence-corrected chi connectivity index (χ3v) is 6.40. The van der Waals surface area contributed by atoms with Crippen LogP contribution in [-0.2, 0) is 23.0 Å². The minimum atomic E-state index is -4.03. The summed E-state index contributed by atoms with van der Waals surface area (Å²) in [7, 11) is -4.03. The molecule has 0 atom stereocenters. The third kappa shape index (κ3) is 4.23. The summed E-state index contributed by atoms with van der Waals surface area (Å²) in [6.07, 6.45) is 4.35. The van der Waals surface area contributed by atoms with Gasteiger partial charge in [0.2, 0.25) is 10.0 Å². The van der Waals surface area contributed by atoms with Crippen molar-refractivity contribution in [2.45, 2.75) is 37.1 Å². The van der Waals surface area contributed by atoms with Gasteiger partial charge in [-0.1, -0.05) is 18.0 Å². The Hall–Kier alpha value is -2.75. The van der Waals surface area contributed by atoms with Crippen LogP contribution in [0.1, 0.15) is 35.4 Å². The molecule has 0 radical (unpaired) electrons. The van der Waals surface area contributed by atoms with Crippen LogP contribution in [0.5, 0.6) is 0 Å². The van der Waals surface area contributed by atoms with Crippen LogP contribution in [0.15, 0.2) is 47.4 Å². The van der Waals surface area contributed by atoms with Gasteiger partial charge in [0.05, 0.1) is 5.02 Å². The van der Waals surface area contributed by atoms with E-state index in [0.717, 1.165) is 49.1 Å². The molecule has 0 fully saturated rings. The van der Waals surface area contributed by atoms with Crippen molar-refractivity contribution in [3.05, 3.63) is 58.9 Å². The van der Waals surface area contributed by atoms with E-state index in [2.05, 4.69) is 20.1 Å². The number of nitrogens with zero attached hydrogens (tertiary/aromatic N) is 3. The SMILES string of the molecule is NS(=O)(=O)c1cc(C(=O)Nc2ccc(-c3nnc4n3CCCCC4)cc2)ccc1Cl. The molecule has 1 aliphatic heterocycles. The number of sulfonamides is 1. The van der Waals surface area contributed by atoms with Crippen LogP contribution in [0.2, 0.25) is 5.02 Å². The highest BCUT2D eigenvalue weighted by Gasteiger charge is 2.18. The van der Waals surface area contributed by atoms with Crippen molar-refractivity contribution in [2.75, 3.05) is 5.32 Å². The minimum Gasteiger partial charge on any atom is -0.322 e. The van der Waals surface area contributed by atoms with E-state index >= 15 is 0 Å². The normalized spacial score (nSPS) is 14.1. The van der Waals surface area contributed by atoms with E-state index < -0.39 is 15.9 Å². The number of carbonyl (C=O) groups is 1. The monoisotopic (exact) mass is 445 g/mol. The van der Waals surface area contributed by atoms with E-state index in [0.29, 0.717) is 5.69 Å². The molecule has 2 aromatic carbocycles. The quantitative estimate of drug-likeness (QED) is 0.638. The van der Waals surface area contributed by atoms with Gasteiger partial charge < -0.3 is 9.88 Å². The first kappa shape index (κ1) is 20.5. The molecule has 1 amide bonds. The standard InChI is InChI=1S/C20H20ClN5O3S/c21-16-10-7-14(12-17(16)30(22,28)29)20(27)23-15-8-5-13(6-9-15)19-25-24-18-4-2-1-3-11-26(18)19/h5-10,12H,1-4,11H2,(H,23,27)(H2,22,28,29). The van der Waals surface area contributed by atoms with E-state index in [1.54, 1.807) is 12.1 Å². The first-order valence-corrected chi connectivity index (χ1v) is 11.4. The van der Waals surface area contributed by atoms with Crippen molar-refractivity contribution in [3.8, 4) is 11.4 Å². The molecule has 1 aliphatic rings. The molecule has 3 N–H and O–H groups in total. The predicted octanol–water partition coefficient (Wildman–Crippen LogP) is 3.22. The number of nitrogens with one attached hydrogen (secondary N) is 1. The van der Waals surface area contributed by atoms with Crippen molar-refractivity contribution in [1.82, 2.24) is 14.8 Å². The molecular weight excluding hydrogens is 426 g/mol. The molecule has 0 saturated heterocycles. The number of aromatic nitrogens is 3. The van der Waals surface area contributed by atoms with Gasteiger partial charge in [-0.2, -0.15) is 0 Å². The Labute approximate surface area is 179 Å². The molecule has 156 valence electrons. The topological polar surface area (TPSA) is 120 Å². The largest absolute Gasteiger partial charge is 0.322 e. The molecule has 0 aliphatic carbocycles. The number of hydrogen-bond acceptors (Lipinski definition) is 5. The molecule has 0 spiro atoms. The second-order valence-electron chi connectivity index (χ2n) is 7.12. The highest BCUT2D eigenvalue weighted by molar-refractivity contribution is 7.89. The van der Waals surface area contributed by atoms with Gasteiger partial charge in [0.25, 0.3) is 5.91 Å². The summed E-state index contributed by atoms with van der Waals surface area (Å²) in [5, 5.41) is 16.5. The maximum Gasteiger partial charge on any atom is 0.255 e. The van der Waals surface area contributed by atoms with E-state index in [9.17, 15) is 13.2 Å². The number of anilines is 1. The number of nitrogens with two attached hydrogens (primary N) is 1. The summed E-state index contributed by atoms with van der Waals surface area (Å²) in [6.45, 7) is 0.902. The highest BCUT2D eigenvalue weighted by Crippen LogP contribution is 2.25. The summed E-state index contributed by atoms with van der Waals surface area (Å²) in [5.41, 5.74) is 1.61. The number of rotatable bonds is 4. The summed E-state index contributed by atoms with van der Waals surface area (Å²) in [6, 6.07) is 11.2. The molecule has 0 bridgehead atoms. The molecule has 8 nitrogen and oxygen atoms in total. The van der Waals surface area contributed by atoms with Crippen molar-refractivity contribution in [2.24, 2.45) is 5.14 Å². The van der Waals surface area contributed by atoms with Gasteiger partial charge in [0.1, 0.15) is 10.7 Å². The Morgan fingerprint density at radius 2 is 1.83 bits per heavy atom. The van der Waals surface area contributed by atoms with Crippen molar-refractivity contribution >= 4 is 33.2 Å². The lowest BCUT2D eigenvalue weighted by molar-refractivity contribution is 0.102. The van der Waals surface area contributed by atoms with Gasteiger partial charge in [-0.25, -0.2) is 13.6 Å². The van der Waals surface area contributed by atoms with Crippen LogP contribution in [0, 0.1) is 0 Å². The lowest BCUT2D eigenvalue weighted by Crippen LogP contribution is -2.16. The number of carbonyl (C=O) groups excluding carboxylic acids is 1. The molecule has 4 rings (SSSR count). The molecular formula is C20H20ClN5O3S. The lowest BCUT2D eigenvalue weighted by Gasteiger charge is -2.09. The molecule has 30 heavy (non-hydrogen) atoms.